The van der Waals surface area contributed by atoms with Crippen molar-refractivity contribution < 1.29 is 8.78 Å². The lowest BCUT2D eigenvalue weighted by Gasteiger charge is -2.04. The molecule has 1 nitrogen and oxygen atoms in total. The highest BCUT2D eigenvalue weighted by Gasteiger charge is 2.08. The monoisotopic (exact) mass is 191 g/mol. The highest BCUT2D eigenvalue weighted by Crippen LogP contribution is 2.20. The molecule has 0 aromatic heterocycles. The molecule has 0 saturated heterocycles. The Labute approximate surface area is 74.3 Å². The van der Waals surface area contributed by atoms with Crippen molar-refractivity contribution >= 4 is 11.6 Å². The average molecular weight is 192 g/mol. The Morgan fingerprint density at radius 3 is 2.58 bits per heavy atom. The van der Waals surface area contributed by atoms with E-state index < -0.39 is 11.6 Å². The minimum absolute atomic E-state index is 0.113. The van der Waals surface area contributed by atoms with Crippen molar-refractivity contribution in [1.82, 2.24) is 5.32 Å². The van der Waals surface area contributed by atoms with Gasteiger partial charge in [0.25, 0.3) is 0 Å². The summed E-state index contributed by atoms with van der Waals surface area (Å²) in [5.41, 5.74) is 0.292. The minimum Gasteiger partial charge on any atom is -0.316 e. The standard InChI is InChI=1S/C8H8ClF2N/c1-12-4-6-7(9)2-5(10)3-8(6)11/h2-3,12H,4H2,1H3. The van der Waals surface area contributed by atoms with E-state index in [4.69, 9.17) is 11.6 Å². The van der Waals surface area contributed by atoms with Gasteiger partial charge in [-0.05, 0) is 13.1 Å². The molecule has 0 saturated carbocycles. The largest absolute Gasteiger partial charge is 0.316 e. The van der Waals surface area contributed by atoms with Gasteiger partial charge in [0.2, 0.25) is 0 Å². The predicted molar refractivity (Wildman–Crippen MR) is 44.1 cm³/mol. The Morgan fingerprint density at radius 1 is 1.42 bits per heavy atom. The molecule has 0 atom stereocenters. The first-order valence-electron chi connectivity index (χ1n) is 3.43. The van der Waals surface area contributed by atoms with Crippen molar-refractivity contribution in [3.63, 3.8) is 0 Å². The van der Waals surface area contributed by atoms with Crippen LogP contribution in [0.5, 0.6) is 0 Å². The summed E-state index contributed by atoms with van der Waals surface area (Å²) in [6, 6.07) is 1.91. The van der Waals surface area contributed by atoms with E-state index in [2.05, 4.69) is 5.32 Å². The first kappa shape index (κ1) is 9.42. The zero-order valence-electron chi connectivity index (χ0n) is 6.50. The molecule has 0 aliphatic carbocycles. The zero-order chi connectivity index (χ0) is 9.14. The van der Waals surface area contributed by atoms with Crippen LogP contribution in [0.4, 0.5) is 8.78 Å². The van der Waals surface area contributed by atoms with Gasteiger partial charge in [-0.2, -0.15) is 0 Å². The molecule has 0 bridgehead atoms. The fourth-order valence-corrected chi connectivity index (χ4v) is 1.18. The molecule has 1 aromatic carbocycles. The molecule has 0 amide bonds. The van der Waals surface area contributed by atoms with Crippen LogP contribution in [0.3, 0.4) is 0 Å². The van der Waals surface area contributed by atoms with Gasteiger partial charge in [0.1, 0.15) is 11.6 Å². The topological polar surface area (TPSA) is 12.0 Å². The zero-order valence-corrected chi connectivity index (χ0v) is 7.25. The fourth-order valence-electron chi connectivity index (χ4n) is 0.918. The van der Waals surface area contributed by atoms with E-state index in [0.717, 1.165) is 12.1 Å². The van der Waals surface area contributed by atoms with E-state index in [1.54, 1.807) is 7.05 Å². The van der Waals surface area contributed by atoms with E-state index in [9.17, 15) is 8.78 Å². The molecular weight excluding hydrogens is 184 g/mol. The van der Waals surface area contributed by atoms with Gasteiger partial charge in [-0.25, -0.2) is 8.78 Å². The maximum atomic E-state index is 12.9. The third-order valence-corrected chi connectivity index (χ3v) is 1.80. The van der Waals surface area contributed by atoms with Gasteiger partial charge in [-0.15, -0.1) is 0 Å². The summed E-state index contributed by atoms with van der Waals surface area (Å²) in [6.07, 6.45) is 0. The SMILES string of the molecule is CNCc1c(F)cc(F)cc1Cl. The van der Waals surface area contributed by atoms with Gasteiger partial charge in [-0.3, -0.25) is 0 Å². The summed E-state index contributed by atoms with van der Waals surface area (Å²) in [5, 5.41) is 2.85. The van der Waals surface area contributed by atoms with Crippen molar-refractivity contribution in [2.75, 3.05) is 7.05 Å². The van der Waals surface area contributed by atoms with Crippen LogP contribution in [0.25, 0.3) is 0 Å². The van der Waals surface area contributed by atoms with Gasteiger partial charge in [0, 0.05) is 18.2 Å². The highest BCUT2D eigenvalue weighted by atomic mass is 35.5. The summed E-state index contributed by atoms with van der Waals surface area (Å²) in [7, 11) is 1.67. The molecular formula is C8H8ClF2N. The van der Waals surface area contributed by atoms with Gasteiger partial charge in [-0.1, -0.05) is 11.6 Å². The minimum atomic E-state index is -0.655. The predicted octanol–water partition coefficient (Wildman–Crippen LogP) is 2.34. The van der Waals surface area contributed by atoms with E-state index in [-0.39, 0.29) is 5.02 Å². The molecule has 4 heteroatoms. The second-order valence-electron chi connectivity index (χ2n) is 2.38. The maximum Gasteiger partial charge on any atom is 0.132 e. The van der Waals surface area contributed by atoms with E-state index in [1.165, 1.54) is 0 Å². The molecule has 0 aliphatic rings. The van der Waals surface area contributed by atoms with Crippen LogP contribution in [0, 0.1) is 11.6 Å². The molecule has 1 aromatic rings. The van der Waals surface area contributed by atoms with Crippen molar-refractivity contribution in [3.05, 3.63) is 34.4 Å². The quantitative estimate of drug-likeness (QED) is 0.757. The molecule has 0 heterocycles. The molecule has 0 unspecified atom stereocenters. The van der Waals surface area contributed by atoms with Crippen molar-refractivity contribution in [1.29, 1.82) is 0 Å². The normalized spacial score (nSPS) is 10.3. The van der Waals surface area contributed by atoms with E-state index >= 15 is 0 Å². The number of rotatable bonds is 2. The number of halogens is 3. The third kappa shape index (κ3) is 1.93. The van der Waals surface area contributed by atoms with Crippen LogP contribution < -0.4 is 5.32 Å². The van der Waals surface area contributed by atoms with E-state index in [0.29, 0.717) is 12.1 Å². The summed E-state index contributed by atoms with van der Waals surface area (Å²) in [5.74, 6) is -1.27. The lowest BCUT2D eigenvalue weighted by Crippen LogP contribution is -2.07. The number of benzene rings is 1. The van der Waals surface area contributed by atoms with Crippen molar-refractivity contribution in [2.45, 2.75) is 6.54 Å². The highest BCUT2D eigenvalue weighted by molar-refractivity contribution is 6.31. The van der Waals surface area contributed by atoms with Crippen LogP contribution >= 0.6 is 11.6 Å². The van der Waals surface area contributed by atoms with Gasteiger partial charge < -0.3 is 5.32 Å². The number of hydrogen-bond acceptors (Lipinski definition) is 1. The molecule has 66 valence electrons. The summed E-state index contributed by atoms with van der Waals surface area (Å²) in [6.45, 7) is 0.297. The van der Waals surface area contributed by atoms with Crippen molar-refractivity contribution in [3.8, 4) is 0 Å². The van der Waals surface area contributed by atoms with Gasteiger partial charge in [0.15, 0.2) is 0 Å². The smallest absolute Gasteiger partial charge is 0.132 e. The number of hydrogen-bond donors (Lipinski definition) is 1. The lowest BCUT2D eigenvalue weighted by atomic mass is 10.2. The third-order valence-electron chi connectivity index (χ3n) is 1.46. The second-order valence-corrected chi connectivity index (χ2v) is 2.79. The molecule has 0 aliphatic heterocycles. The Hall–Kier alpha value is -0.670. The fraction of sp³-hybridized carbons (Fsp3) is 0.250. The molecule has 0 fully saturated rings. The van der Waals surface area contributed by atoms with Crippen LogP contribution in [0.15, 0.2) is 12.1 Å². The Kier molecular flexibility index (Phi) is 3.00. The Morgan fingerprint density at radius 2 is 2.08 bits per heavy atom. The second kappa shape index (κ2) is 3.83. The van der Waals surface area contributed by atoms with Crippen LogP contribution in [0.1, 0.15) is 5.56 Å². The molecule has 12 heavy (non-hydrogen) atoms. The first-order valence-corrected chi connectivity index (χ1v) is 3.81. The first-order chi connectivity index (χ1) is 5.65. The van der Waals surface area contributed by atoms with Crippen LogP contribution in [0.2, 0.25) is 5.02 Å². The average Bonchev–Trinajstić information content (AvgIpc) is 1.96. The summed E-state index contributed by atoms with van der Waals surface area (Å²) < 4.78 is 25.4. The van der Waals surface area contributed by atoms with Crippen LogP contribution in [-0.4, -0.2) is 7.05 Å². The molecule has 1 N–H and O–H groups in total. The summed E-state index contributed by atoms with van der Waals surface area (Å²) in [4.78, 5) is 0. The van der Waals surface area contributed by atoms with Gasteiger partial charge >= 0.3 is 0 Å². The Bertz CT molecular complexity index is 265. The van der Waals surface area contributed by atoms with E-state index in [1.807, 2.05) is 0 Å². The molecule has 0 radical (unpaired) electrons. The molecule has 1 rings (SSSR count). The van der Waals surface area contributed by atoms with Crippen molar-refractivity contribution in [2.24, 2.45) is 0 Å². The lowest BCUT2D eigenvalue weighted by molar-refractivity contribution is 0.567. The van der Waals surface area contributed by atoms with Crippen LogP contribution in [-0.2, 0) is 6.54 Å². The Balaban J connectivity index is 3.10. The maximum absolute atomic E-state index is 12.9. The van der Waals surface area contributed by atoms with Gasteiger partial charge in [0.05, 0.1) is 5.02 Å². The number of nitrogens with one attached hydrogen (secondary N) is 1. The summed E-state index contributed by atoms with van der Waals surface area (Å²) >= 11 is 5.59. The molecule has 0 spiro atoms.